The van der Waals surface area contributed by atoms with E-state index in [-0.39, 0.29) is 0 Å². The van der Waals surface area contributed by atoms with Crippen molar-refractivity contribution in [2.75, 3.05) is 6.54 Å². The Morgan fingerprint density at radius 3 is 2.42 bits per heavy atom. The molecule has 1 aliphatic rings. The second-order valence-electron chi connectivity index (χ2n) is 4.03. The van der Waals surface area contributed by atoms with E-state index in [1.807, 2.05) is 0 Å². The number of hydrogen-bond acceptors (Lipinski definition) is 2. The largest absolute Gasteiger partial charge is 0.390 e. The van der Waals surface area contributed by atoms with Gasteiger partial charge in [-0.15, -0.1) is 0 Å². The average molecular weight is 171 g/mol. The molecule has 1 rings (SSSR count). The van der Waals surface area contributed by atoms with E-state index in [4.69, 9.17) is 5.73 Å². The van der Waals surface area contributed by atoms with Crippen molar-refractivity contribution in [3.05, 3.63) is 0 Å². The summed E-state index contributed by atoms with van der Waals surface area (Å²) in [5.74, 6) is 0.338. The Hall–Kier alpha value is -0.0800. The Kier molecular flexibility index (Phi) is 3.53. The fourth-order valence-corrected chi connectivity index (χ4v) is 2.35. The van der Waals surface area contributed by atoms with E-state index in [0.29, 0.717) is 12.5 Å². The van der Waals surface area contributed by atoms with Gasteiger partial charge in [-0.25, -0.2) is 0 Å². The van der Waals surface area contributed by atoms with Crippen LogP contribution in [0.15, 0.2) is 0 Å². The van der Waals surface area contributed by atoms with Crippen LogP contribution < -0.4 is 5.73 Å². The zero-order valence-electron chi connectivity index (χ0n) is 8.05. The van der Waals surface area contributed by atoms with Crippen LogP contribution in [0.2, 0.25) is 0 Å². The molecule has 0 aromatic heterocycles. The van der Waals surface area contributed by atoms with Gasteiger partial charge in [0.15, 0.2) is 0 Å². The minimum absolute atomic E-state index is 0.338. The average Bonchev–Trinajstić information content (AvgIpc) is 2.49. The van der Waals surface area contributed by atoms with Crippen LogP contribution in [-0.2, 0) is 0 Å². The summed E-state index contributed by atoms with van der Waals surface area (Å²) in [6.45, 7) is 2.80. The quantitative estimate of drug-likeness (QED) is 0.676. The third-order valence-electron chi connectivity index (χ3n) is 3.15. The lowest BCUT2D eigenvalue weighted by atomic mass is 9.83. The molecule has 72 valence electrons. The monoisotopic (exact) mass is 171 g/mol. The molecule has 0 amide bonds. The summed E-state index contributed by atoms with van der Waals surface area (Å²) in [4.78, 5) is 0. The molecule has 2 nitrogen and oxygen atoms in total. The topological polar surface area (TPSA) is 46.2 Å². The molecule has 1 saturated carbocycles. The Morgan fingerprint density at radius 1 is 1.42 bits per heavy atom. The molecule has 3 N–H and O–H groups in total. The maximum absolute atomic E-state index is 10.2. The summed E-state index contributed by atoms with van der Waals surface area (Å²) < 4.78 is 0. The van der Waals surface area contributed by atoms with Crippen LogP contribution in [0, 0.1) is 5.92 Å². The molecular formula is C10H21NO. The molecular weight excluding hydrogens is 150 g/mol. The van der Waals surface area contributed by atoms with Gasteiger partial charge in [0.2, 0.25) is 0 Å². The van der Waals surface area contributed by atoms with Gasteiger partial charge in [-0.3, -0.25) is 0 Å². The molecule has 0 aromatic carbocycles. The first-order chi connectivity index (χ1) is 5.73. The molecule has 1 atom stereocenters. The molecule has 0 spiro atoms. The van der Waals surface area contributed by atoms with Gasteiger partial charge >= 0.3 is 0 Å². The third-order valence-corrected chi connectivity index (χ3v) is 3.15. The molecule has 1 fully saturated rings. The van der Waals surface area contributed by atoms with E-state index in [1.165, 1.54) is 12.8 Å². The summed E-state index contributed by atoms with van der Waals surface area (Å²) in [6.07, 6.45) is 6.49. The van der Waals surface area contributed by atoms with Gasteiger partial charge < -0.3 is 10.8 Å². The first kappa shape index (κ1) is 10.0. The highest BCUT2D eigenvalue weighted by molar-refractivity contribution is 4.90. The molecule has 0 aromatic rings. The van der Waals surface area contributed by atoms with E-state index >= 15 is 0 Å². The van der Waals surface area contributed by atoms with E-state index in [2.05, 4.69) is 6.92 Å². The third kappa shape index (κ3) is 1.99. The van der Waals surface area contributed by atoms with Crippen molar-refractivity contribution in [3.63, 3.8) is 0 Å². The molecule has 1 aliphatic carbocycles. The molecule has 0 saturated heterocycles. The first-order valence-corrected chi connectivity index (χ1v) is 5.15. The van der Waals surface area contributed by atoms with Crippen molar-refractivity contribution < 1.29 is 5.11 Å². The zero-order valence-corrected chi connectivity index (χ0v) is 8.05. The highest BCUT2D eigenvalue weighted by Gasteiger charge is 2.37. The highest BCUT2D eigenvalue weighted by atomic mass is 16.3. The maximum Gasteiger partial charge on any atom is 0.0687 e. The van der Waals surface area contributed by atoms with Gasteiger partial charge in [0.1, 0.15) is 0 Å². The van der Waals surface area contributed by atoms with E-state index < -0.39 is 5.60 Å². The lowest BCUT2D eigenvalue weighted by Crippen LogP contribution is -2.39. The van der Waals surface area contributed by atoms with E-state index in [1.54, 1.807) is 0 Å². The smallest absolute Gasteiger partial charge is 0.0687 e. The molecule has 0 aliphatic heterocycles. The van der Waals surface area contributed by atoms with Gasteiger partial charge in [-0.05, 0) is 31.7 Å². The van der Waals surface area contributed by atoms with Crippen molar-refractivity contribution >= 4 is 0 Å². The Labute approximate surface area is 75.2 Å². The molecule has 0 bridgehead atoms. The highest BCUT2D eigenvalue weighted by Crippen LogP contribution is 2.37. The number of rotatable bonds is 4. The number of aliphatic hydroxyl groups is 1. The minimum Gasteiger partial charge on any atom is -0.390 e. The normalized spacial score (nSPS) is 24.2. The fraction of sp³-hybridized carbons (Fsp3) is 1.00. The Balaban J connectivity index is 2.50. The maximum atomic E-state index is 10.2. The number of hydrogen-bond donors (Lipinski definition) is 2. The number of nitrogens with two attached hydrogens (primary N) is 1. The van der Waals surface area contributed by atoms with Crippen molar-refractivity contribution in [1.82, 2.24) is 0 Å². The van der Waals surface area contributed by atoms with Crippen molar-refractivity contribution in [2.45, 2.75) is 51.0 Å². The van der Waals surface area contributed by atoms with Crippen LogP contribution in [0.4, 0.5) is 0 Å². The van der Waals surface area contributed by atoms with Crippen molar-refractivity contribution in [1.29, 1.82) is 0 Å². The second-order valence-corrected chi connectivity index (χ2v) is 4.03. The van der Waals surface area contributed by atoms with E-state index in [0.717, 1.165) is 25.7 Å². The fourth-order valence-electron chi connectivity index (χ4n) is 2.35. The second kappa shape index (κ2) is 4.24. The van der Waals surface area contributed by atoms with Crippen molar-refractivity contribution in [2.24, 2.45) is 11.7 Å². The summed E-state index contributed by atoms with van der Waals surface area (Å²) in [6, 6.07) is 0. The Bertz CT molecular complexity index is 130. The van der Waals surface area contributed by atoms with Gasteiger partial charge in [-0.1, -0.05) is 26.2 Å². The van der Waals surface area contributed by atoms with Crippen LogP contribution in [0.5, 0.6) is 0 Å². The predicted molar refractivity (Wildman–Crippen MR) is 50.9 cm³/mol. The lowest BCUT2D eigenvalue weighted by molar-refractivity contribution is -0.0124. The molecule has 12 heavy (non-hydrogen) atoms. The zero-order chi connectivity index (χ0) is 9.03. The van der Waals surface area contributed by atoms with Gasteiger partial charge in [0, 0.05) is 0 Å². The van der Waals surface area contributed by atoms with Gasteiger partial charge in [0.25, 0.3) is 0 Å². The Morgan fingerprint density at radius 2 is 2.00 bits per heavy atom. The minimum atomic E-state index is -0.412. The summed E-state index contributed by atoms with van der Waals surface area (Å²) >= 11 is 0. The lowest BCUT2D eigenvalue weighted by Gasteiger charge is -2.31. The van der Waals surface area contributed by atoms with Crippen LogP contribution in [0.25, 0.3) is 0 Å². The van der Waals surface area contributed by atoms with Crippen LogP contribution in [0.1, 0.15) is 45.4 Å². The van der Waals surface area contributed by atoms with Crippen LogP contribution in [-0.4, -0.2) is 17.3 Å². The predicted octanol–water partition coefficient (Wildman–Crippen LogP) is 1.67. The molecule has 0 heterocycles. The van der Waals surface area contributed by atoms with Crippen LogP contribution in [0.3, 0.4) is 0 Å². The summed E-state index contributed by atoms with van der Waals surface area (Å²) in [5.41, 5.74) is 5.25. The SMILES string of the molecule is CCCC(CN)C1(O)CCCC1. The van der Waals surface area contributed by atoms with Gasteiger partial charge in [-0.2, -0.15) is 0 Å². The summed E-state index contributed by atoms with van der Waals surface area (Å²) in [7, 11) is 0. The first-order valence-electron chi connectivity index (χ1n) is 5.15. The molecule has 0 radical (unpaired) electrons. The standard InChI is InChI=1S/C10H21NO/c1-2-5-9(8-11)10(12)6-3-4-7-10/h9,12H,2-8,11H2,1H3. The van der Waals surface area contributed by atoms with E-state index in [9.17, 15) is 5.11 Å². The molecule has 2 heteroatoms. The van der Waals surface area contributed by atoms with Crippen LogP contribution >= 0.6 is 0 Å². The van der Waals surface area contributed by atoms with Gasteiger partial charge in [0.05, 0.1) is 5.60 Å². The van der Waals surface area contributed by atoms with Crippen molar-refractivity contribution in [3.8, 4) is 0 Å². The summed E-state index contributed by atoms with van der Waals surface area (Å²) in [5, 5.41) is 10.2. The molecule has 1 unspecified atom stereocenters.